The van der Waals surface area contributed by atoms with Crippen LogP contribution in [-0.4, -0.2) is 17.3 Å². The Morgan fingerprint density at radius 2 is 2.07 bits per heavy atom. The first-order chi connectivity index (χ1) is 6.47. The first-order valence-corrected chi connectivity index (χ1v) is 4.95. The Balaban J connectivity index is 4.02. The van der Waals surface area contributed by atoms with Crippen LogP contribution in [0.5, 0.6) is 0 Å². The second-order valence-corrected chi connectivity index (χ2v) is 3.86. The molecule has 0 aliphatic carbocycles. The molecule has 0 fully saturated rings. The van der Waals surface area contributed by atoms with Crippen molar-refractivity contribution >= 4 is 0 Å². The molecule has 0 amide bonds. The molecule has 0 aromatic rings. The first kappa shape index (κ1) is 13.3. The average Bonchev–Trinajstić information content (AvgIpc) is 2.10. The van der Waals surface area contributed by atoms with E-state index < -0.39 is 0 Å². The van der Waals surface area contributed by atoms with Gasteiger partial charge in [0.2, 0.25) is 0 Å². The van der Waals surface area contributed by atoms with Gasteiger partial charge >= 0.3 is 0 Å². The lowest BCUT2D eigenvalue weighted by atomic mass is 9.99. The van der Waals surface area contributed by atoms with Crippen LogP contribution < -0.4 is 5.73 Å². The van der Waals surface area contributed by atoms with E-state index in [9.17, 15) is 10.0 Å². The van der Waals surface area contributed by atoms with E-state index in [1.807, 2.05) is 6.92 Å². The van der Waals surface area contributed by atoms with Crippen molar-refractivity contribution < 1.29 is 5.11 Å². The van der Waals surface area contributed by atoms with E-state index in [0.717, 1.165) is 6.42 Å². The Morgan fingerprint density at radius 1 is 1.50 bits per heavy atom. The van der Waals surface area contributed by atoms with Crippen LogP contribution in [0.3, 0.4) is 0 Å². The highest BCUT2D eigenvalue weighted by molar-refractivity contribution is 5.03. The summed E-state index contributed by atoms with van der Waals surface area (Å²) in [5, 5.41) is 12.1. The van der Waals surface area contributed by atoms with Crippen molar-refractivity contribution in [3.63, 3.8) is 0 Å². The molecule has 0 bridgehead atoms. The minimum absolute atomic E-state index is 0.149. The molecule has 0 aliphatic heterocycles. The van der Waals surface area contributed by atoms with Gasteiger partial charge in [-0.1, -0.05) is 6.92 Å². The van der Waals surface area contributed by atoms with E-state index in [1.54, 1.807) is 19.9 Å². The monoisotopic (exact) mass is 200 g/mol. The third-order valence-electron chi connectivity index (χ3n) is 2.25. The standard InChI is InChI=1S/C10H20N2O2/c1-7(9(3)13)4-5-10(12-14)6-8(2)11/h6-9,13H,4-5,11H2,1-3H3/b10-6-/t7?,8-,9?/m0/s1. The fraction of sp³-hybridized carbons (Fsp3) is 0.800. The van der Waals surface area contributed by atoms with Gasteiger partial charge in [0.05, 0.1) is 11.8 Å². The molecular formula is C10H20N2O2. The highest BCUT2D eigenvalue weighted by Crippen LogP contribution is 2.16. The second-order valence-electron chi connectivity index (χ2n) is 3.86. The number of nitroso groups, excluding NO2 is 1. The Bertz CT molecular complexity index is 200. The minimum Gasteiger partial charge on any atom is -0.393 e. The van der Waals surface area contributed by atoms with Crippen LogP contribution in [0.4, 0.5) is 0 Å². The van der Waals surface area contributed by atoms with Crippen molar-refractivity contribution in [2.24, 2.45) is 16.8 Å². The fourth-order valence-electron chi connectivity index (χ4n) is 1.08. The molecule has 0 aliphatic rings. The maximum atomic E-state index is 10.4. The van der Waals surface area contributed by atoms with Gasteiger partial charge in [0.1, 0.15) is 0 Å². The van der Waals surface area contributed by atoms with E-state index in [4.69, 9.17) is 5.73 Å². The molecule has 0 aromatic heterocycles. The molecule has 14 heavy (non-hydrogen) atoms. The summed E-state index contributed by atoms with van der Waals surface area (Å²) in [6.07, 6.45) is 2.64. The summed E-state index contributed by atoms with van der Waals surface area (Å²) in [5.41, 5.74) is 5.99. The van der Waals surface area contributed by atoms with Crippen molar-refractivity contribution in [2.75, 3.05) is 0 Å². The Morgan fingerprint density at radius 3 is 2.43 bits per heavy atom. The first-order valence-electron chi connectivity index (χ1n) is 4.95. The topological polar surface area (TPSA) is 75.7 Å². The Labute approximate surface area is 85.2 Å². The van der Waals surface area contributed by atoms with Gasteiger partial charge in [-0.3, -0.25) is 0 Å². The van der Waals surface area contributed by atoms with Gasteiger partial charge in [0.15, 0.2) is 0 Å². The highest BCUT2D eigenvalue weighted by atomic mass is 16.3. The third kappa shape index (κ3) is 5.83. The number of hydrogen-bond acceptors (Lipinski definition) is 4. The lowest BCUT2D eigenvalue weighted by Gasteiger charge is -2.13. The van der Waals surface area contributed by atoms with Crippen molar-refractivity contribution in [3.8, 4) is 0 Å². The quantitative estimate of drug-likeness (QED) is 0.642. The molecule has 3 N–H and O–H groups in total. The number of hydrogen-bond donors (Lipinski definition) is 2. The smallest absolute Gasteiger partial charge is 0.0824 e. The maximum Gasteiger partial charge on any atom is 0.0824 e. The van der Waals surface area contributed by atoms with Gasteiger partial charge in [-0.15, -0.1) is 4.91 Å². The molecule has 0 heterocycles. The van der Waals surface area contributed by atoms with Crippen LogP contribution in [0.2, 0.25) is 0 Å². The number of aliphatic hydroxyl groups is 1. The number of nitrogens with two attached hydrogens (primary N) is 1. The maximum absolute atomic E-state index is 10.4. The van der Waals surface area contributed by atoms with E-state index in [2.05, 4.69) is 5.18 Å². The van der Waals surface area contributed by atoms with Crippen molar-refractivity contribution in [3.05, 3.63) is 16.7 Å². The number of aliphatic hydroxyl groups excluding tert-OH is 1. The van der Waals surface area contributed by atoms with Crippen LogP contribution in [0.1, 0.15) is 33.6 Å². The van der Waals surface area contributed by atoms with E-state index in [0.29, 0.717) is 12.1 Å². The van der Waals surface area contributed by atoms with E-state index >= 15 is 0 Å². The lowest BCUT2D eigenvalue weighted by molar-refractivity contribution is 0.130. The molecule has 3 atom stereocenters. The minimum atomic E-state index is -0.349. The van der Waals surface area contributed by atoms with Gasteiger partial charge in [-0.05, 0) is 43.9 Å². The predicted octanol–water partition coefficient (Wildman–Crippen LogP) is 1.78. The zero-order valence-corrected chi connectivity index (χ0v) is 9.10. The summed E-state index contributed by atoms with van der Waals surface area (Å²) >= 11 is 0. The normalized spacial score (nSPS) is 18.8. The van der Waals surface area contributed by atoms with Crippen molar-refractivity contribution in [2.45, 2.75) is 45.8 Å². The van der Waals surface area contributed by atoms with Crippen LogP contribution in [-0.2, 0) is 0 Å². The van der Waals surface area contributed by atoms with Crippen LogP contribution >= 0.6 is 0 Å². The van der Waals surface area contributed by atoms with Crippen molar-refractivity contribution in [1.82, 2.24) is 0 Å². The molecule has 0 aromatic carbocycles. The van der Waals surface area contributed by atoms with Gasteiger partial charge in [-0.25, -0.2) is 0 Å². The SMILES string of the molecule is CC(O)C(C)CC/C(=C/[C@H](C)N)N=O. The van der Waals surface area contributed by atoms with Gasteiger partial charge in [0, 0.05) is 6.04 Å². The molecule has 2 unspecified atom stereocenters. The molecule has 0 spiro atoms. The summed E-state index contributed by atoms with van der Waals surface area (Å²) in [6.45, 7) is 5.48. The van der Waals surface area contributed by atoms with Crippen LogP contribution in [0.15, 0.2) is 16.9 Å². The zero-order chi connectivity index (χ0) is 11.1. The van der Waals surface area contributed by atoms with Gasteiger partial charge < -0.3 is 10.8 Å². The van der Waals surface area contributed by atoms with E-state index in [-0.39, 0.29) is 18.1 Å². The molecule has 82 valence electrons. The second kappa shape index (κ2) is 6.68. The number of rotatable bonds is 6. The number of nitrogens with zero attached hydrogens (tertiary/aromatic N) is 1. The molecule has 0 radical (unpaired) electrons. The molecule has 0 saturated heterocycles. The molecule has 0 rings (SSSR count). The summed E-state index contributed by atoms with van der Waals surface area (Å²) < 4.78 is 0. The zero-order valence-electron chi connectivity index (χ0n) is 9.10. The predicted molar refractivity (Wildman–Crippen MR) is 57.6 cm³/mol. The summed E-state index contributed by atoms with van der Waals surface area (Å²) in [7, 11) is 0. The van der Waals surface area contributed by atoms with E-state index in [1.165, 1.54) is 0 Å². The highest BCUT2D eigenvalue weighted by Gasteiger charge is 2.10. The van der Waals surface area contributed by atoms with Crippen molar-refractivity contribution in [1.29, 1.82) is 0 Å². The van der Waals surface area contributed by atoms with Crippen LogP contribution in [0.25, 0.3) is 0 Å². The summed E-state index contributed by atoms with van der Waals surface area (Å²) in [6, 6.07) is -0.149. The fourth-order valence-corrected chi connectivity index (χ4v) is 1.08. The Hall–Kier alpha value is -0.740. The third-order valence-corrected chi connectivity index (χ3v) is 2.25. The molecule has 0 saturated carbocycles. The largest absolute Gasteiger partial charge is 0.393 e. The van der Waals surface area contributed by atoms with Crippen LogP contribution in [0, 0.1) is 10.8 Å². The summed E-state index contributed by atoms with van der Waals surface area (Å²) in [5.74, 6) is 0.174. The Kier molecular flexibility index (Phi) is 6.32. The molecule has 4 nitrogen and oxygen atoms in total. The van der Waals surface area contributed by atoms with Gasteiger partial charge in [0.25, 0.3) is 0 Å². The average molecular weight is 200 g/mol. The number of allylic oxidation sites excluding steroid dienone is 1. The molecule has 4 heteroatoms. The summed E-state index contributed by atoms with van der Waals surface area (Å²) in [4.78, 5) is 10.4. The lowest BCUT2D eigenvalue weighted by Crippen LogP contribution is -2.14. The van der Waals surface area contributed by atoms with Gasteiger partial charge in [-0.2, -0.15) is 0 Å². The molecular weight excluding hydrogens is 180 g/mol.